The molecule has 13 N–H and O–H groups in total. The predicted octanol–water partition coefficient (Wildman–Crippen LogP) is -0.0169. The van der Waals surface area contributed by atoms with Gasteiger partial charge in [-0.1, -0.05) is 127 Å². The number of aliphatic hydroxyl groups is 9. The van der Waals surface area contributed by atoms with Crippen molar-refractivity contribution in [3.8, 4) is 0 Å². The third kappa shape index (κ3) is 25.7. The van der Waals surface area contributed by atoms with Gasteiger partial charge in [0.25, 0.3) is 11.6 Å². The first-order chi connectivity index (χ1) is 38.6. The summed E-state index contributed by atoms with van der Waals surface area (Å²) in [5.74, 6) is -10.5. The van der Waals surface area contributed by atoms with Crippen molar-refractivity contribution < 1.29 is 113 Å². The highest BCUT2D eigenvalue weighted by Crippen LogP contribution is 2.34. The number of carbonyl (C=O) groups excluding carboxylic acids is 6. The van der Waals surface area contributed by atoms with Gasteiger partial charge in [-0.05, 0) is 37.7 Å². The molecule has 12 atom stereocenters. The molecule has 2 aliphatic rings. The van der Waals surface area contributed by atoms with Crippen LogP contribution in [0.5, 0.6) is 0 Å². The Bertz CT molecular complexity index is 2380. The highest BCUT2D eigenvalue weighted by Gasteiger charge is 2.55. The summed E-state index contributed by atoms with van der Waals surface area (Å²) >= 11 is 4.22. The number of ether oxygens (including phenoxy) is 4. The van der Waals surface area contributed by atoms with E-state index >= 15 is 0 Å². The standard InChI is InChI=1S/C18H15P.C14H23NO9S.C11H19NO9.C6H10N2O4.C3H6OS/c1-4-10-16(11-5-1)19(17-12-6-2-7-13-17)18-14-8-3-9-15-18;1-3-9(19)25-5-8(18)11(20)12-10(15-6(2)16)7(17)4-14(23,24-12)13(21)22;1-4(14)12-7-5(15)2-11(20,10(18)19)21-9(7)8(17)6(16)3-13;1-3-11-5(9)7-8-6(10)12-4-2;1-2-3(4)5/h1-15H;7-8,10-12,17-18,20,23H,3-5H2,1-2H3,(H,15,16)(H,21,22);5-9,13,15-17,20H,2-3H2,1H3,(H,12,14)(H,18,19);3-4H2,1-2H3;2H2,1H3,(H,4,5)/t;7-,8-,10-,11-,12?,14+;5-,6-,7-,8-,9?,11+;;/m.11../s1. The van der Waals surface area contributed by atoms with Crippen LogP contribution in [0.15, 0.2) is 101 Å². The van der Waals surface area contributed by atoms with Crippen molar-refractivity contribution in [2.45, 2.75) is 140 Å². The summed E-state index contributed by atoms with van der Waals surface area (Å²) in [5, 5.41) is 120. The van der Waals surface area contributed by atoms with Crippen molar-refractivity contribution in [3.05, 3.63) is 91.0 Å². The molecule has 0 aliphatic carbocycles. The zero-order chi connectivity index (χ0) is 62.3. The average Bonchev–Trinajstić information content (AvgIpc) is 3.63. The Hall–Kier alpha value is -5.89. The second-order valence-electron chi connectivity index (χ2n) is 17.4. The summed E-state index contributed by atoms with van der Waals surface area (Å²) in [6.45, 7) is 8.43. The fourth-order valence-corrected chi connectivity index (χ4v) is 10.2. The molecule has 2 aliphatic heterocycles. The van der Waals surface area contributed by atoms with Crippen LogP contribution < -0.4 is 26.5 Å². The molecule has 0 radical (unpaired) electrons. The molecular weight excluding hydrogens is 1140 g/mol. The van der Waals surface area contributed by atoms with Gasteiger partial charge in [0, 0.05) is 45.3 Å². The Kier molecular flexibility index (Phi) is 34.4. The molecule has 2 unspecified atom stereocenters. The van der Waals surface area contributed by atoms with E-state index in [1.54, 1.807) is 27.7 Å². The molecule has 456 valence electrons. The van der Waals surface area contributed by atoms with Crippen LogP contribution in [-0.2, 0) is 47.7 Å². The monoisotopic (exact) mass is 1220 g/mol. The number of rotatable bonds is 18. The van der Waals surface area contributed by atoms with Crippen LogP contribution in [0.2, 0.25) is 0 Å². The number of carbonyl (C=O) groups is 8. The van der Waals surface area contributed by atoms with Crippen molar-refractivity contribution >= 4 is 94.4 Å². The normalized spacial score (nSPS) is 23.2. The molecular formula is C52H73N4O23PS2. The zero-order valence-corrected chi connectivity index (χ0v) is 48.2. The first kappa shape index (κ1) is 74.1. The number of thiol groups is 1. The lowest BCUT2D eigenvalue weighted by atomic mass is 9.88. The third-order valence-electron chi connectivity index (χ3n) is 11.0. The third-order valence-corrected chi connectivity index (χ3v) is 14.9. The first-order valence-electron chi connectivity index (χ1n) is 25.1. The summed E-state index contributed by atoms with van der Waals surface area (Å²) in [6, 6.07) is 29.8. The molecule has 2 heterocycles. The lowest BCUT2D eigenvalue weighted by Crippen LogP contribution is -2.67. The van der Waals surface area contributed by atoms with Crippen LogP contribution in [0.4, 0.5) is 9.59 Å². The largest absolute Gasteiger partial charge is 0.477 e. The SMILES string of the molecule is CC(=O)N[C@H]1C([C@H](O)[C@H](O)CO)O[C@](O)(C(=O)O)C[C@H]1O.CCC(=O)S.CCC(=O)SC[C@@H](O)[C@@H](O)C1O[C@](O)(C(=O)O)C[C@@H](O)[C@H]1NC(C)=O.CCOC(=O)N=NC(=O)OCC.c1ccc(P(c2ccccc2)c2ccccc2)cc1. The molecule has 0 spiro atoms. The van der Waals surface area contributed by atoms with Crippen LogP contribution >= 0.6 is 32.3 Å². The minimum Gasteiger partial charge on any atom is -0.477 e. The summed E-state index contributed by atoms with van der Waals surface area (Å²) in [4.78, 5) is 86.5. The van der Waals surface area contributed by atoms with Gasteiger partial charge in [-0.25, -0.2) is 19.2 Å². The molecule has 3 aromatic rings. The number of nitrogens with one attached hydrogen (secondary N) is 2. The number of carboxylic acids is 2. The summed E-state index contributed by atoms with van der Waals surface area (Å²) < 4.78 is 18.6. The molecule has 0 aromatic heterocycles. The lowest BCUT2D eigenvalue weighted by molar-refractivity contribution is -0.295. The maximum absolute atomic E-state index is 11.3. The van der Waals surface area contributed by atoms with Gasteiger partial charge < -0.3 is 85.8 Å². The summed E-state index contributed by atoms with van der Waals surface area (Å²) in [6.07, 6.45) is -15.7. The quantitative estimate of drug-likeness (QED) is 0.0452. The molecule has 3 aromatic carbocycles. The number of carboxylic acid groups (broad SMARTS) is 2. The Morgan fingerprint density at radius 1 is 0.634 bits per heavy atom. The zero-order valence-electron chi connectivity index (χ0n) is 45.6. The topological polar surface area (TPSA) is 445 Å². The van der Waals surface area contributed by atoms with Gasteiger partial charge in [0.1, 0.15) is 30.5 Å². The van der Waals surface area contributed by atoms with E-state index in [0.717, 1.165) is 25.6 Å². The van der Waals surface area contributed by atoms with Crippen molar-refractivity contribution in [1.82, 2.24) is 10.6 Å². The Labute approximate surface area is 483 Å². The lowest BCUT2D eigenvalue weighted by Gasteiger charge is -2.44. The molecule has 82 heavy (non-hydrogen) atoms. The molecule has 0 saturated carbocycles. The summed E-state index contributed by atoms with van der Waals surface area (Å²) in [5.41, 5.74) is 0. The number of azo groups is 1. The molecule has 5 rings (SSSR count). The number of hydrogen-bond donors (Lipinski definition) is 14. The second kappa shape index (κ2) is 38.1. The first-order valence-corrected chi connectivity index (χ1v) is 27.9. The van der Waals surface area contributed by atoms with E-state index in [1.165, 1.54) is 15.9 Å². The second-order valence-corrected chi connectivity index (χ2v) is 21.2. The number of thioether (sulfide) groups is 1. The van der Waals surface area contributed by atoms with Crippen molar-refractivity contribution in [2.24, 2.45) is 10.2 Å². The van der Waals surface area contributed by atoms with Gasteiger partial charge in [0.2, 0.25) is 11.8 Å². The number of aliphatic carboxylic acids is 2. The van der Waals surface area contributed by atoms with E-state index in [2.05, 4.69) is 134 Å². The van der Waals surface area contributed by atoms with Gasteiger partial charge in [0.15, 0.2) is 10.2 Å². The Morgan fingerprint density at radius 3 is 1.23 bits per heavy atom. The van der Waals surface area contributed by atoms with Crippen molar-refractivity contribution in [2.75, 3.05) is 25.6 Å². The van der Waals surface area contributed by atoms with Gasteiger partial charge >= 0.3 is 24.1 Å². The van der Waals surface area contributed by atoms with Crippen LogP contribution in [0.25, 0.3) is 0 Å². The van der Waals surface area contributed by atoms with E-state index in [-0.39, 0.29) is 35.6 Å². The smallest absolute Gasteiger partial charge is 0.452 e. The van der Waals surface area contributed by atoms with Crippen LogP contribution in [0.1, 0.15) is 67.2 Å². The fourth-order valence-electron chi connectivity index (χ4n) is 7.11. The van der Waals surface area contributed by atoms with E-state index < -0.39 is 136 Å². The van der Waals surface area contributed by atoms with Crippen molar-refractivity contribution in [3.63, 3.8) is 0 Å². The van der Waals surface area contributed by atoms with Gasteiger partial charge in [-0.2, -0.15) is 0 Å². The molecule has 27 nitrogen and oxygen atoms in total. The minimum atomic E-state index is -2.79. The van der Waals surface area contributed by atoms with E-state index in [4.69, 9.17) is 24.8 Å². The van der Waals surface area contributed by atoms with Crippen LogP contribution in [0, 0.1) is 0 Å². The number of benzene rings is 3. The van der Waals surface area contributed by atoms with Gasteiger partial charge in [-0.3, -0.25) is 19.2 Å². The van der Waals surface area contributed by atoms with Crippen molar-refractivity contribution in [1.29, 1.82) is 0 Å². The number of nitrogens with zero attached hydrogens (tertiary/aromatic N) is 2. The predicted molar refractivity (Wildman–Crippen MR) is 299 cm³/mol. The van der Waals surface area contributed by atoms with Crippen LogP contribution in [-0.4, -0.2) is 200 Å². The van der Waals surface area contributed by atoms with E-state index in [9.17, 15) is 79.2 Å². The minimum absolute atomic E-state index is 0.0509. The Balaban J connectivity index is 0.000000543. The maximum atomic E-state index is 11.3. The van der Waals surface area contributed by atoms with Gasteiger partial charge in [0.05, 0.1) is 50.2 Å². The maximum Gasteiger partial charge on any atom is 0.452 e. The molecule has 30 heteroatoms. The fraction of sp³-hybridized carbons (Fsp3) is 0.500. The van der Waals surface area contributed by atoms with E-state index in [1.807, 2.05) is 0 Å². The number of aliphatic hydroxyl groups excluding tert-OH is 7. The van der Waals surface area contributed by atoms with E-state index in [0.29, 0.717) is 6.42 Å². The molecule has 0 bridgehead atoms. The van der Waals surface area contributed by atoms with Gasteiger partial charge in [-0.15, -0.1) is 12.6 Å². The number of amides is 4. The summed E-state index contributed by atoms with van der Waals surface area (Å²) in [7, 11) is -0.446. The Morgan fingerprint density at radius 2 is 0.963 bits per heavy atom. The molecule has 4 amide bonds. The number of hydrogen-bond acceptors (Lipinski definition) is 22. The highest BCUT2D eigenvalue weighted by molar-refractivity contribution is 8.13. The van der Waals surface area contributed by atoms with Crippen LogP contribution in [0.3, 0.4) is 0 Å². The highest BCUT2D eigenvalue weighted by atomic mass is 32.2. The molecule has 2 saturated heterocycles. The molecule has 2 fully saturated rings. The average molecular weight is 1220 g/mol.